The molecule has 9 heteroatoms. The zero-order chi connectivity index (χ0) is 19.3. The van der Waals surface area contributed by atoms with Crippen LogP contribution in [0.4, 0.5) is 4.79 Å². The van der Waals surface area contributed by atoms with Gasteiger partial charge in [-0.25, -0.2) is 0 Å². The first-order valence-corrected chi connectivity index (χ1v) is 9.70. The Morgan fingerprint density at radius 1 is 0.885 bits per heavy atom. The van der Waals surface area contributed by atoms with Crippen molar-refractivity contribution in [1.29, 1.82) is 0 Å². The normalized spacial score (nSPS) is 10.9. The van der Waals surface area contributed by atoms with Gasteiger partial charge in [-0.3, -0.25) is 14.8 Å². The van der Waals surface area contributed by atoms with Gasteiger partial charge in [0.15, 0.2) is 0 Å². The summed E-state index contributed by atoms with van der Waals surface area (Å²) in [5, 5.41) is 38.7. The molecule has 140 valence electrons. The number of hydrogen-bond donors (Lipinski definition) is 4. The molecular formula is C17H20N2O5S2. The minimum atomic E-state index is -0.333. The predicted molar refractivity (Wildman–Crippen MR) is 101 cm³/mol. The Morgan fingerprint density at radius 3 is 1.62 bits per heavy atom. The minimum Gasteiger partial charge on any atom is -0.506 e. The van der Waals surface area contributed by atoms with Gasteiger partial charge in [0.25, 0.3) is 0 Å². The highest BCUT2D eigenvalue weighted by Gasteiger charge is 2.15. The summed E-state index contributed by atoms with van der Waals surface area (Å²) in [5.74, 6) is 0.429. The number of aliphatic hydroxyl groups excluding tert-OH is 2. The number of pyridine rings is 2. The zero-order valence-electron chi connectivity index (χ0n) is 14.4. The lowest BCUT2D eigenvalue weighted by Gasteiger charge is -2.11. The third kappa shape index (κ3) is 4.67. The summed E-state index contributed by atoms with van der Waals surface area (Å²) in [7, 11) is 0. The molecule has 0 atom stereocenters. The summed E-state index contributed by atoms with van der Waals surface area (Å²) in [6.07, 6.45) is 3.08. The monoisotopic (exact) mass is 396 g/mol. The third-order valence-electron chi connectivity index (χ3n) is 3.87. The number of nitrogens with zero attached hydrogens (tertiary/aromatic N) is 2. The van der Waals surface area contributed by atoms with E-state index in [1.807, 2.05) is 0 Å². The van der Waals surface area contributed by atoms with Crippen molar-refractivity contribution in [2.24, 2.45) is 0 Å². The standard InChI is InChI=1S/C17H20N2O5S2/c1-9-15(22)13(5-20)11(3-18-9)7-25-17(24)26-8-12-4-19-10(2)16(23)14(12)6-21/h3-4,20-23H,5-8H2,1-2H3. The van der Waals surface area contributed by atoms with Crippen LogP contribution in [0.3, 0.4) is 0 Å². The van der Waals surface area contributed by atoms with Crippen molar-refractivity contribution < 1.29 is 25.2 Å². The van der Waals surface area contributed by atoms with E-state index in [9.17, 15) is 25.2 Å². The van der Waals surface area contributed by atoms with E-state index < -0.39 is 0 Å². The predicted octanol–water partition coefficient (Wildman–Crippen LogP) is 2.78. The maximum absolute atomic E-state index is 12.1. The Morgan fingerprint density at radius 2 is 1.27 bits per heavy atom. The fourth-order valence-corrected chi connectivity index (χ4v) is 4.02. The number of rotatable bonds is 6. The van der Waals surface area contributed by atoms with Crippen molar-refractivity contribution in [2.45, 2.75) is 38.6 Å². The van der Waals surface area contributed by atoms with E-state index in [0.29, 0.717) is 33.6 Å². The van der Waals surface area contributed by atoms with Crippen LogP contribution in [-0.4, -0.2) is 34.8 Å². The van der Waals surface area contributed by atoms with E-state index in [4.69, 9.17) is 0 Å². The topological polar surface area (TPSA) is 124 Å². The first kappa shape index (κ1) is 20.5. The minimum absolute atomic E-state index is 0.0560. The summed E-state index contributed by atoms with van der Waals surface area (Å²) in [4.78, 5) is 20.2. The number of thioether (sulfide) groups is 2. The Kier molecular flexibility index (Phi) is 7.27. The van der Waals surface area contributed by atoms with Crippen LogP contribution < -0.4 is 0 Å². The van der Waals surface area contributed by atoms with E-state index in [1.165, 1.54) is 12.4 Å². The molecular weight excluding hydrogens is 376 g/mol. The molecule has 0 aliphatic rings. The number of carbonyl (C=O) groups is 1. The molecule has 7 nitrogen and oxygen atoms in total. The summed E-state index contributed by atoms with van der Waals surface area (Å²) in [6, 6.07) is 0. The van der Waals surface area contributed by atoms with Crippen molar-refractivity contribution in [1.82, 2.24) is 9.97 Å². The van der Waals surface area contributed by atoms with Gasteiger partial charge in [-0.1, -0.05) is 23.5 Å². The van der Waals surface area contributed by atoms with Crippen LogP contribution in [0.25, 0.3) is 0 Å². The van der Waals surface area contributed by atoms with Gasteiger partial charge in [0, 0.05) is 35.0 Å². The Balaban J connectivity index is 1.99. The second-order valence-electron chi connectivity index (χ2n) is 5.54. The van der Waals surface area contributed by atoms with Gasteiger partial charge in [0.2, 0.25) is 4.45 Å². The molecule has 0 aromatic carbocycles. The quantitative estimate of drug-likeness (QED) is 0.583. The van der Waals surface area contributed by atoms with Crippen molar-refractivity contribution in [2.75, 3.05) is 0 Å². The van der Waals surface area contributed by atoms with Crippen molar-refractivity contribution in [3.05, 3.63) is 46.0 Å². The molecule has 0 aliphatic heterocycles. The number of carbonyl (C=O) groups excluding carboxylic acids is 1. The average molecular weight is 396 g/mol. The second kappa shape index (κ2) is 9.22. The van der Waals surface area contributed by atoms with Gasteiger partial charge < -0.3 is 20.4 Å². The zero-order valence-corrected chi connectivity index (χ0v) is 16.0. The largest absolute Gasteiger partial charge is 0.506 e. The molecule has 0 spiro atoms. The Labute approximate surface area is 159 Å². The van der Waals surface area contributed by atoms with Gasteiger partial charge in [-0.05, 0) is 25.0 Å². The summed E-state index contributed by atoms with van der Waals surface area (Å²) >= 11 is 2.06. The first-order valence-electron chi connectivity index (χ1n) is 7.72. The van der Waals surface area contributed by atoms with Crippen LogP contribution in [0.15, 0.2) is 12.4 Å². The van der Waals surface area contributed by atoms with E-state index in [-0.39, 0.29) is 40.7 Å². The van der Waals surface area contributed by atoms with Crippen molar-refractivity contribution in [3.8, 4) is 11.5 Å². The molecule has 0 aliphatic carbocycles. The van der Waals surface area contributed by atoms with Gasteiger partial charge in [-0.15, -0.1) is 0 Å². The first-order chi connectivity index (χ1) is 12.4. The average Bonchev–Trinajstić information content (AvgIpc) is 2.63. The third-order valence-corrected chi connectivity index (χ3v) is 5.96. The lowest BCUT2D eigenvalue weighted by molar-refractivity contribution is 0.273. The van der Waals surface area contributed by atoms with E-state index >= 15 is 0 Å². The van der Waals surface area contributed by atoms with Crippen LogP contribution in [0, 0.1) is 13.8 Å². The maximum Gasteiger partial charge on any atom is 0.246 e. The number of aromatic nitrogens is 2. The molecule has 2 rings (SSSR count). The molecule has 0 unspecified atom stereocenters. The van der Waals surface area contributed by atoms with E-state index in [2.05, 4.69) is 9.97 Å². The molecule has 26 heavy (non-hydrogen) atoms. The van der Waals surface area contributed by atoms with Gasteiger partial charge in [0.1, 0.15) is 11.5 Å². The van der Waals surface area contributed by atoms with Crippen LogP contribution in [0.2, 0.25) is 0 Å². The Bertz CT molecular complexity index is 749. The highest BCUT2D eigenvalue weighted by atomic mass is 32.2. The van der Waals surface area contributed by atoms with Crippen LogP contribution in [0.1, 0.15) is 33.6 Å². The highest BCUT2D eigenvalue weighted by Crippen LogP contribution is 2.31. The molecule has 0 saturated carbocycles. The molecule has 0 bridgehead atoms. The highest BCUT2D eigenvalue weighted by molar-refractivity contribution is 8.37. The van der Waals surface area contributed by atoms with Gasteiger partial charge >= 0.3 is 0 Å². The number of aryl methyl sites for hydroxylation is 2. The fraction of sp³-hybridized carbons (Fsp3) is 0.353. The molecule has 0 saturated heterocycles. The van der Waals surface area contributed by atoms with Crippen LogP contribution in [-0.2, 0) is 24.7 Å². The van der Waals surface area contributed by atoms with Gasteiger partial charge in [-0.2, -0.15) is 0 Å². The van der Waals surface area contributed by atoms with Crippen molar-refractivity contribution in [3.63, 3.8) is 0 Å². The van der Waals surface area contributed by atoms with E-state index in [0.717, 1.165) is 23.5 Å². The van der Waals surface area contributed by atoms with Crippen molar-refractivity contribution >= 4 is 28.0 Å². The molecule has 2 aromatic rings. The molecule has 0 amide bonds. The number of aromatic hydroxyl groups is 2. The molecule has 2 heterocycles. The smallest absolute Gasteiger partial charge is 0.246 e. The molecule has 0 fully saturated rings. The molecule has 0 radical (unpaired) electrons. The second-order valence-corrected chi connectivity index (χ2v) is 7.69. The van der Waals surface area contributed by atoms with Crippen LogP contribution >= 0.6 is 23.5 Å². The Hall–Kier alpha value is -1.81. The summed E-state index contributed by atoms with van der Waals surface area (Å²) in [5.41, 5.74) is 2.79. The van der Waals surface area contributed by atoms with E-state index in [1.54, 1.807) is 13.8 Å². The number of aliphatic hydroxyl groups is 2. The fourth-order valence-electron chi connectivity index (χ4n) is 2.29. The lowest BCUT2D eigenvalue weighted by atomic mass is 10.1. The maximum atomic E-state index is 12.1. The van der Waals surface area contributed by atoms with Crippen LogP contribution in [0.5, 0.6) is 11.5 Å². The summed E-state index contributed by atoms with van der Waals surface area (Å²) in [6.45, 7) is 2.60. The number of hydrogen-bond acceptors (Lipinski definition) is 9. The van der Waals surface area contributed by atoms with Gasteiger partial charge in [0.05, 0.1) is 24.6 Å². The molecule has 2 aromatic heterocycles. The molecule has 4 N–H and O–H groups in total. The lowest BCUT2D eigenvalue weighted by Crippen LogP contribution is -2.00. The summed E-state index contributed by atoms with van der Waals surface area (Å²) < 4.78 is -0.169. The SMILES string of the molecule is Cc1ncc(CSC(=O)SCc2cnc(C)c(O)c2CO)c(CO)c1O.